The molecule has 20 heavy (non-hydrogen) atoms. The van der Waals surface area contributed by atoms with Crippen LogP contribution in [-0.2, 0) is 16.1 Å². The second-order valence-electron chi connectivity index (χ2n) is 3.86. The molecule has 0 saturated carbocycles. The molecule has 0 bridgehead atoms. The standard InChI is InChI=1S/C12H10ClN5O2/c13-10(19)7-15-11(20)8-18-5-1-9(2-6-18)12-14-3-4-16-17-12/h1-6H,7-8H2/p+1. The Kier molecular flexibility index (Phi) is 4.67. The van der Waals surface area contributed by atoms with Crippen LogP contribution in [0.4, 0.5) is 0 Å². The van der Waals surface area contributed by atoms with E-state index in [1.165, 1.54) is 6.20 Å². The Bertz CT molecular complexity index is 603. The van der Waals surface area contributed by atoms with E-state index < -0.39 is 5.24 Å². The summed E-state index contributed by atoms with van der Waals surface area (Å²) in [5.41, 5.74) is 0.797. The summed E-state index contributed by atoms with van der Waals surface area (Å²) in [5.74, 6) is 0.214. The van der Waals surface area contributed by atoms with Gasteiger partial charge >= 0.3 is 0 Å². The average Bonchev–Trinajstić information content (AvgIpc) is 2.47. The van der Waals surface area contributed by atoms with Crippen molar-refractivity contribution in [3.05, 3.63) is 36.9 Å². The van der Waals surface area contributed by atoms with Gasteiger partial charge in [-0.2, -0.15) is 9.67 Å². The Balaban J connectivity index is 1.98. The van der Waals surface area contributed by atoms with Gasteiger partial charge in [-0.15, -0.1) is 5.10 Å². The van der Waals surface area contributed by atoms with Gasteiger partial charge in [0.2, 0.25) is 11.8 Å². The van der Waals surface area contributed by atoms with E-state index in [2.05, 4.69) is 20.5 Å². The zero-order valence-corrected chi connectivity index (χ0v) is 11.1. The molecule has 7 nitrogen and oxygen atoms in total. The molecule has 0 aliphatic rings. The summed E-state index contributed by atoms with van der Waals surface area (Å²) < 4.78 is 1.66. The molecular weight excluding hydrogens is 282 g/mol. The second kappa shape index (κ2) is 6.67. The fourth-order valence-electron chi connectivity index (χ4n) is 1.48. The maximum absolute atomic E-state index is 11.5. The highest BCUT2D eigenvalue weighted by molar-refractivity contribution is 6.64. The minimum absolute atomic E-state index is 0.0956. The molecule has 0 aromatic carbocycles. The quantitative estimate of drug-likeness (QED) is 0.604. The van der Waals surface area contributed by atoms with Gasteiger partial charge in [0.25, 0.3) is 5.91 Å². The summed E-state index contributed by atoms with van der Waals surface area (Å²) in [7, 11) is 0. The number of halogens is 1. The molecule has 0 aliphatic carbocycles. The molecule has 8 heteroatoms. The van der Waals surface area contributed by atoms with E-state index in [1.807, 2.05) is 0 Å². The Labute approximate surface area is 119 Å². The number of hydrogen-bond donors (Lipinski definition) is 1. The first-order chi connectivity index (χ1) is 9.65. The van der Waals surface area contributed by atoms with Gasteiger partial charge in [0.1, 0.15) is 0 Å². The zero-order valence-electron chi connectivity index (χ0n) is 10.4. The summed E-state index contributed by atoms with van der Waals surface area (Å²) in [6.45, 7) is -0.0824. The minimum atomic E-state index is -0.604. The first-order valence-corrected chi connectivity index (χ1v) is 6.11. The number of aromatic nitrogens is 4. The molecule has 0 saturated heterocycles. The number of carbonyl (C=O) groups is 2. The van der Waals surface area contributed by atoms with Gasteiger partial charge in [0, 0.05) is 23.9 Å². The van der Waals surface area contributed by atoms with E-state index in [1.54, 1.807) is 35.3 Å². The second-order valence-corrected chi connectivity index (χ2v) is 4.28. The Hall–Kier alpha value is -2.41. The largest absolute Gasteiger partial charge is 0.342 e. The van der Waals surface area contributed by atoms with Crippen LogP contribution in [-0.4, -0.2) is 32.9 Å². The number of nitrogens with one attached hydrogen (secondary N) is 1. The third-order valence-corrected chi connectivity index (χ3v) is 2.52. The van der Waals surface area contributed by atoms with Crippen molar-refractivity contribution < 1.29 is 14.2 Å². The molecule has 2 rings (SSSR count). The van der Waals surface area contributed by atoms with E-state index in [-0.39, 0.29) is 19.0 Å². The van der Waals surface area contributed by atoms with Crippen LogP contribution in [0.15, 0.2) is 36.9 Å². The molecule has 0 fully saturated rings. The smallest absolute Gasteiger partial charge is 0.286 e. The number of carbonyl (C=O) groups excluding carboxylic acids is 2. The Morgan fingerprint density at radius 3 is 2.60 bits per heavy atom. The highest BCUT2D eigenvalue weighted by Gasteiger charge is 2.10. The highest BCUT2D eigenvalue weighted by atomic mass is 35.5. The summed E-state index contributed by atoms with van der Waals surface area (Å²) in [6.07, 6.45) is 6.48. The summed E-state index contributed by atoms with van der Waals surface area (Å²) in [4.78, 5) is 26.1. The van der Waals surface area contributed by atoms with Crippen molar-refractivity contribution in [1.29, 1.82) is 0 Å². The average molecular weight is 293 g/mol. The number of nitrogens with zero attached hydrogens (tertiary/aromatic N) is 4. The van der Waals surface area contributed by atoms with E-state index >= 15 is 0 Å². The number of hydrogen-bond acceptors (Lipinski definition) is 5. The third kappa shape index (κ3) is 4.06. The van der Waals surface area contributed by atoms with Crippen molar-refractivity contribution in [3.8, 4) is 11.4 Å². The van der Waals surface area contributed by atoms with Crippen LogP contribution in [0.25, 0.3) is 11.4 Å². The molecule has 102 valence electrons. The molecule has 0 spiro atoms. The predicted molar refractivity (Wildman–Crippen MR) is 69.3 cm³/mol. The minimum Gasteiger partial charge on any atom is -0.342 e. The Morgan fingerprint density at radius 1 is 1.25 bits per heavy atom. The number of rotatable bonds is 5. The van der Waals surface area contributed by atoms with Gasteiger partial charge in [-0.1, -0.05) is 0 Å². The molecule has 0 aliphatic heterocycles. The molecule has 0 radical (unpaired) electrons. The molecule has 1 amide bonds. The zero-order chi connectivity index (χ0) is 14.4. The summed E-state index contributed by atoms with van der Waals surface area (Å²) >= 11 is 5.13. The van der Waals surface area contributed by atoms with E-state index in [0.717, 1.165) is 5.56 Å². The number of amides is 1. The molecule has 2 heterocycles. The Morgan fingerprint density at radius 2 is 2.00 bits per heavy atom. The van der Waals surface area contributed by atoms with Gasteiger partial charge in [-0.25, -0.2) is 4.98 Å². The van der Waals surface area contributed by atoms with Crippen LogP contribution in [0.5, 0.6) is 0 Å². The lowest BCUT2D eigenvalue weighted by Gasteiger charge is -2.00. The molecule has 2 aromatic rings. The number of pyridine rings is 1. The maximum atomic E-state index is 11.5. The van der Waals surface area contributed by atoms with Crippen molar-refractivity contribution in [2.45, 2.75) is 6.54 Å². The molecule has 0 atom stereocenters. The van der Waals surface area contributed by atoms with Crippen LogP contribution in [0.1, 0.15) is 0 Å². The lowest BCUT2D eigenvalue weighted by Crippen LogP contribution is -2.43. The first kappa shape index (κ1) is 14.0. The lowest BCUT2D eigenvalue weighted by atomic mass is 10.2. The molecule has 0 unspecified atom stereocenters. The van der Waals surface area contributed by atoms with Crippen molar-refractivity contribution >= 4 is 22.8 Å². The van der Waals surface area contributed by atoms with Crippen molar-refractivity contribution in [1.82, 2.24) is 20.5 Å². The third-order valence-electron chi connectivity index (χ3n) is 2.38. The maximum Gasteiger partial charge on any atom is 0.286 e. The van der Waals surface area contributed by atoms with Crippen LogP contribution < -0.4 is 9.88 Å². The van der Waals surface area contributed by atoms with Gasteiger partial charge in [-0.3, -0.25) is 9.59 Å². The topological polar surface area (TPSA) is 88.7 Å². The van der Waals surface area contributed by atoms with Gasteiger partial charge in [0.15, 0.2) is 18.2 Å². The van der Waals surface area contributed by atoms with Crippen LogP contribution in [0.2, 0.25) is 0 Å². The van der Waals surface area contributed by atoms with Gasteiger partial charge < -0.3 is 5.32 Å². The van der Waals surface area contributed by atoms with E-state index in [9.17, 15) is 9.59 Å². The van der Waals surface area contributed by atoms with Gasteiger partial charge in [-0.05, 0) is 11.6 Å². The van der Waals surface area contributed by atoms with E-state index in [4.69, 9.17) is 11.6 Å². The summed E-state index contributed by atoms with van der Waals surface area (Å²) in [5, 5.41) is 9.43. The van der Waals surface area contributed by atoms with Gasteiger partial charge in [0.05, 0.1) is 12.7 Å². The highest BCUT2D eigenvalue weighted by Crippen LogP contribution is 2.09. The van der Waals surface area contributed by atoms with E-state index in [0.29, 0.717) is 5.82 Å². The molecule has 2 aromatic heterocycles. The fraction of sp³-hybridized carbons (Fsp3) is 0.167. The lowest BCUT2D eigenvalue weighted by molar-refractivity contribution is -0.684. The van der Waals surface area contributed by atoms with Crippen LogP contribution >= 0.6 is 11.6 Å². The normalized spacial score (nSPS) is 10.1. The van der Waals surface area contributed by atoms with Crippen LogP contribution in [0, 0.1) is 0 Å². The molecule has 1 N–H and O–H groups in total. The fourth-order valence-corrected chi connectivity index (χ4v) is 1.55. The molecular formula is C12H11ClN5O2+. The SMILES string of the molecule is O=C(Cl)CNC(=O)C[n+]1ccc(-c2nccnn2)cc1. The predicted octanol–water partition coefficient (Wildman–Crippen LogP) is -0.292. The van der Waals surface area contributed by atoms with Crippen molar-refractivity contribution in [2.24, 2.45) is 0 Å². The van der Waals surface area contributed by atoms with Crippen LogP contribution in [0.3, 0.4) is 0 Å². The van der Waals surface area contributed by atoms with Crippen molar-refractivity contribution in [3.63, 3.8) is 0 Å². The summed E-state index contributed by atoms with van der Waals surface area (Å²) in [6, 6.07) is 3.55. The monoisotopic (exact) mass is 292 g/mol. The first-order valence-electron chi connectivity index (χ1n) is 5.73. The van der Waals surface area contributed by atoms with Crippen molar-refractivity contribution in [2.75, 3.05) is 6.54 Å².